The van der Waals surface area contributed by atoms with Gasteiger partial charge in [0.1, 0.15) is 0 Å². The Bertz CT molecular complexity index is 353. The summed E-state index contributed by atoms with van der Waals surface area (Å²) in [5.74, 6) is 0.571. The smallest absolute Gasteiger partial charge is 0.230 e. The molecule has 1 unspecified atom stereocenters. The maximum Gasteiger partial charge on any atom is 0.230 e. The summed E-state index contributed by atoms with van der Waals surface area (Å²) in [5.41, 5.74) is 0.995. The first-order valence-electron chi connectivity index (χ1n) is 4.57. The number of nitrogens with zero attached hydrogens (tertiary/aromatic N) is 3. The number of hydrogen-bond donors (Lipinski definition) is 1. The van der Waals surface area contributed by atoms with Gasteiger partial charge in [0, 0.05) is 18.8 Å². The fourth-order valence-electron chi connectivity index (χ4n) is 1.58. The number of β-amino-alcohol motifs (C(OH)–C–C–N with tert-alkyl or cyclic N) is 1. The van der Waals surface area contributed by atoms with E-state index in [4.69, 9.17) is 0 Å². The van der Waals surface area contributed by atoms with Crippen LogP contribution in [-0.2, 0) is 11.8 Å². The van der Waals surface area contributed by atoms with Crippen LogP contribution in [0.3, 0.4) is 0 Å². The van der Waals surface area contributed by atoms with Crippen molar-refractivity contribution in [2.75, 3.05) is 11.4 Å². The average molecular weight is 195 g/mol. The highest BCUT2D eigenvalue weighted by atomic mass is 16.3. The van der Waals surface area contributed by atoms with Gasteiger partial charge >= 0.3 is 0 Å². The summed E-state index contributed by atoms with van der Waals surface area (Å²) < 4.78 is 1.72. The molecule has 1 aromatic heterocycles. The molecule has 5 heteroatoms. The van der Waals surface area contributed by atoms with Crippen LogP contribution in [0.2, 0.25) is 0 Å². The Hall–Kier alpha value is -1.36. The van der Waals surface area contributed by atoms with Crippen LogP contribution >= 0.6 is 0 Å². The van der Waals surface area contributed by atoms with E-state index < -0.39 is 6.10 Å². The maximum atomic E-state index is 11.4. The lowest BCUT2D eigenvalue weighted by Crippen LogP contribution is -2.25. The summed E-state index contributed by atoms with van der Waals surface area (Å²) in [5, 5.41) is 13.5. The van der Waals surface area contributed by atoms with Crippen molar-refractivity contribution < 1.29 is 9.90 Å². The van der Waals surface area contributed by atoms with Crippen LogP contribution in [0, 0.1) is 6.92 Å². The molecule has 1 aromatic rings. The highest BCUT2D eigenvalue weighted by Gasteiger charge is 2.30. The molecule has 0 saturated carbocycles. The number of anilines is 1. The standard InChI is InChI=1S/C9H13N3O2/c1-6-3-8(10-11(6)2)12-5-7(13)4-9(12)14/h3,7,13H,4-5H2,1-2H3. The second kappa shape index (κ2) is 3.09. The number of rotatable bonds is 1. The molecule has 2 heterocycles. The number of aliphatic hydroxyl groups is 1. The summed E-state index contributed by atoms with van der Waals surface area (Å²) >= 11 is 0. The van der Waals surface area contributed by atoms with Crippen molar-refractivity contribution in [2.45, 2.75) is 19.4 Å². The van der Waals surface area contributed by atoms with Gasteiger partial charge < -0.3 is 5.11 Å². The molecular formula is C9H13N3O2. The van der Waals surface area contributed by atoms with Gasteiger partial charge in [-0.3, -0.25) is 14.4 Å². The highest BCUT2D eigenvalue weighted by molar-refractivity contribution is 5.95. The van der Waals surface area contributed by atoms with Gasteiger partial charge in [-0.1, -0.05) is 0 Å². The Morgan fingerprint density at radius 2 is 2.36 bits per heavy atom. The molecule has 1 N–H and O–H groups in total. The summed E-state index contributed by atoms with van der Waals surface area (Å²) in [6.07, 6.45) is -0.347. The average Bonchev–Trinajstić information content (AvgIpc) is 2.57. The van der Waals surface area contributed by atoms with E-state index in [1.165, 1.54) is 4.90 Å². The fourth-order valence-corrected chi connectivity index (χ4v) is 1.58. The van der Waals surface area contributed by atoms with Crippen LogP contribution in [0.5, 0.6) is 0 Å². The summed E-state index contributed by atoms with van der Waals surface area (Å²) in [7, 11) is 1.83. The first kappa shape index (κ1) is 9.21. The number of hydrogen-bond acceptors (Lipinski definition) is 3. The number of amides is 1. The van der Waals surface area contributed by atoms with Crippen molar-refractivity contribution in [2.24, 2.45) is 7.05 Å². The predicted molar refractivity (Wildman–Crippen MR) is 50.9 cm³/mol. The molecule has 1 saturated heterocycles. The van der Waals surface area contributed by atoms with Gasteiger partial charge in [0.05, 0.1) is 19.1 Å². The molecule has 76 valence electrons. The fraction of sp³-hybridized carbons (Fsp3) is 0.556. The van der Waals surface area contributed by atoms with E-state index in [1.807, 2.05) is 20.0 Å². The molecule has 1 amide bonds. The lowest BCUT2D eigenvalue weighted by atomic mass is 10.3. The molecule has 0 spiro atoms. The van der Waals surface area contributed by atoms with Crippen molar-refractivity contribution in [1.29, 1.82) is 0 Å². The molecule has 1 aliphatic heterocycles. The van der Waals surface area contributed by atoms with Gasteiger partial charge in [0.25, 0.3) is 0 Å². The normalized spacial score (nSPS) is 22.1. The Balaban J connectivity index is 2.27. The third kappa shape index (κ3) is 1.39. The molecule has 0 radical (unpaired) electrons. The molecule has 1 fully saturated rings. The first-order valence-corrected chi connectivity index (χ1v) is 4.57. The second-order valence-electron chi connectivity index (χ2n) is 3.63. The summed E-state index contributed by atoms with van der Waals surface area (Å²) in [6.45, 7) is 2.28. The molecule has 0 aliphatic carbocycles. The van der Waals surface area contributed by atoms with Crippen LogP contribution in [0.25, 0.3) is 0 Å². The van der Waals surface area contributed by atoms with E-state index in [9.17, 15) is 9.90 Å². The van der Waals surface area contributed by atoms with Crippen molar-refractivity contribution in [3.63, 3.8) is 0 Å². The Morgan fingerprint density at radius 1 is 1.64 bits per heavy atom. The molecular weight excluding hydrogens is 182 g/mol. The maximum absolute atomic E-state index is 11.4. The van der Waals surface area contributed by atoms with Crippen LogP contribution in [0.1, 0.15) is 12.1 Å². The number of aryl methyl sites for hydroxylation is 2. The van der Waals surface area contributed by atoms with Gasteiger partial charge in [0.15, 0.2) is 5.82 Å². The topological polar surface area (TPSA) is 58.4 Å². The van der Waals surface area contributed by atoms with Gasteiger partial charge in [-0.05, 0) is 6.92 Å². The molecule has 0 aromatic carbocycles. The van der Waals surface area contributed by atoms with Crippen LogP contribution in [0.15, 0.2) is 6.07 Å². The Kier molecular flexibility index (Phi) is 2.03. The second-order valence-corrected chi connectivity index (χ2v) is 3.63. The van der Waals surface area contributed by atoms with Crippen LogP contribution in [-0.4, -0.2) is 33.4 Å². The Labute approximate surface area is 81.9 Å². The zero-order chi connectivity index (χ0) is 10.3. The van der Waals surface area contributed by atoms with Gasteiger partial charge in [-0.15, -0.1) is 0 Å². The molecule has 0 bridgehead atoms. The van der Waals surface area contributed by atoms with E-state index in [0.717, 1.165) is 5.69 Å². The first-order chi connectivity index (χ1) is 6.58. The SMILES string of the molecule is Cc1cc(N2CC(O)CC2=O)nn1C. The van der Waals surface area contributed by atoms with Gasteiger partial charge in [-0.2, -0.15) is 5.10 Å². The third-order valence-electron chi connectivity index (χ3n) is 2.48. The molecule has 1 atom stereocenters. The van der Waals surface area contributed by atoms with Crippen molar-refractivity contribution >= 4 is 11.7 Å². The minimum absolute atomic E-state index is 0.0596. The van der Waals surface area contributed by atoms with Crippen LogP contribution in [0.4, 0.5) is 5.82 Å². The van der Waals surface area contributed by atoms with E-state index in [2.05, 4.69) is 5.10 Å². The number of carbonyl (C=O) groups excluding carboxylic acids is 1. The van der Waals surface area contributed by atoms with E-state index >= 15 is 0 Å². The molecule has 5 nitrogen and oxygen atoms in total. The van der Waals surface area contributed by atoms with E-state index in [0.29, 0.717) is 12.4 Å². The molecule has 1 aliphatic rings. The lowest BCUT2D eigenvalue weighted by molar-refractivity contribution is -0.117. The quantitative estimate of drug-likeness (QED) is 0.676. The Morgan fingerprint density at radius 3 is 2.79 bits per heavy atom. The van der Waals surface area contributed by atoms with E-state index in [1.54, 1.807) is 4.68 Å². The minimum atomic E-state index is -0.551. The van der Waals surface area contributed by atoms with E-state index in [-0.39, 0.29) is 12.3 Å². The monoisotopic (exact) mass is 195 g/mol. The van der Waals surface area contributed by atoms with Crippen LogP contribution < -0.4 is 4.90 Å². The van der Waals surface area contributed by atoms with Crippen molar-refractivity contribution in [3.05, 3.63) is 11.8 Å². The van der Waals surface area contributed by atoms with Crippen molar-refractivity contribution in [3.8, 4) is 0 Å². The van der Waals surface area contributed by atoms with Gasteiger partial charge in [-0.25, -0.2) is 0 Å². The minimum Gasteiger partial charge on any atom is -0.391 e. The number of carbonyl (C=O) groups is 1. The van der Waals surface area contributed by atoms with Gasteiger partial charge in [0.2, 0.25) is 5.91 Å². The molecule has 2 rings (SSSR count). The zero-order valence-electron chi connectivity index (χ0n) is 8.27. The third-order valence-corrected chi connectivity index (χ3v) is 2.48. The summed E-state index contributed by atoms with van der Waals surface area (Å²) in [4.78, 5) is 12.9. The largest absolute Gasteiger partial charge is 0.391 e. The molecule has 14 heavy (non-hydrogen) atoms. The number of aromatic nitrogens is 2. The predicted octanol–water partition coefficient (Wildman–Crippen LogP) is -0.174. The highest BCUT2D eigenvalue weighted by Crippen LogP contribution is 2.20. The lowest BCUT2D eigenvalue weighted by Gasteiger charge is -2.11. The number of aliphatic hydroxyl groups excluding tert-OH is 1. The zero-order valence-corrected chi connectivity index (χ0v) is 8.27. The van der Waals surface area contributed by atoms with Crippen molar-refractivity contribution in [1.82, 2.24) is 9.78 Å². The summed E-state index contributed by atoms with van der Waals surface area (Å²) in [6, 6.07) is 1.84.